The largest absolute Gasteiger partial charge is 0.416 e. The fourth-order valence-electron chi connectivity index (χ4n) is 2.50. The molecule has 3 rings (SSSR count). The molecule has 2 amide bonds. The van der Waals surface area contributed by atoms with E-state index in [1.54, 1.807) is 0 Å². The number of carbonyl (C=O) groups excluding carboxylic acids is 2. The predicted octanol–water partition coefficient (Wildman–Crippen LogP) is 4.18. The highest BCUT2D eigenvalue weighted by Gasteiger charge is 2.42. The first-order valence-corrected chi connectivity index (χ1v) is 7.45. The van der Waals surface area contributed by atoms with Crippen molar-refractivity contribution < 1.29 is 27.7 Å². The lowest BCUT2D eigenvalue weighted by Gasteiger charge is -2.17. The van der Waals surface area contributed by atoms with Crippen LogP contribution in [0.4, 0.5) is 24.5 Å². The minimum Gasteiger partial charge on any atom is -0.268 e. The molecule has 25 heavy (non-hydrogen) atoms. The van der Waals surface area contributed by atoms with Gasteiger partial charge in [-0.15, -0.1) is 0 Å². The zero-order chi connectivity index (χ0) is 18.5. The van der Waals surface area contributed by atoms with E-state index >= 15 is 0 Å². The number of hydrogen-bond donors (Lipinski definition) is 0. The highest BCUT2D eigenvalue weighted by Crippen LogP contribution is 2.44. The first-order valence-electron chi connectivity index (χ1n) is 6.66. The highest BCUT2D eigenvalue weighted by atomic mass is 79.9. The molecule has 128 valence electrons. The lowest BCUT2D eigenvalue weighted by Crippen LogP contribution is -2.30. The van der Waals surface area contributed by atoms with Gasteiger partial charge < -0.3 is 0 Å². The summed E-state index contributed by atoms with van der Waals surface area (Å²) in [6, 6.07) is 6.61. The summed E-state index contributed by atoms with van der Waals surface area (Å²) in [5, 5.41) is 11.3. The van der Waals surface area contributed by atoms with Crippen molar-refractivity contribution in [2.45, 2.75) is 6.18 Å². The molecule has 0 saturated heterocycles. The maximum atomic E-state index is 12.9. The molecule has 2 aromatic carbocycles. The monoisotopic (exact) mass is 414 g/mol. The van der Waals surface area contributed by atoms with Gasteiger partial charge in [0.25, 0.3) is 17.5 Å². The Morgan fingerprint density at radius 2 is 1.56 bits per heavy atom. The maximum Gasteiger partial charge on any atom is 0.416 e. The Morgan fingerprint density at radius 3 is 2.00 bits per heavy atom. The van der Waals surface area contributed by atoms with Gasteiger partial charge in [-0.25, -0.2) is 4.90 Å². The summed E-state index contributed by atoms with van der Waals surface area (Å²) in [7, 11) is 0. The van der Waals surface area contributed by atoms with E-state index in [0.29, 0.717) is 17.0 Å². The molecule has 0 aromatic heterocycles. The molecule has 0 atom stereocenters. The van der Waals surface area contributed by atoms with E-state index in [4.69, 9.17) is 0 Å². The van der Waals surface area contributed by atoms with Crippen LogP contribution in [0.15, 0.2) is 40.9 Å². The Hall–Kier alpha value is -2.75. The van der Waals surface area contributed by atoms with Crippen LogP contribution < -0.4 is 4.90 Å². The van der Waals surface area contributed by atoms with Crippen LogP contribution in [0.3, 0.4) is 0 Å². The molecule has 0 bridgehead atoms. The molecule has 1 heterocycles. The lowest BCUT2D eigenvalue weighted by molar-refractivity contribution is -0.384. The SMILES string of the molecule is O=C1c2ccccc2C(=O)N1c1c(Br)cc(C(F)(F)F)cc1[N+](=O)[O-]. The number of alkyl halides is 3. The van der Waals surface area contributed by atoms with E-state index in [9.17, 15) is 32.9 Å². The molecule has 0 saturated carbocycles. The van der Waals surface area contributed by atoms with Gasteiger partial charge in [-0.05, 0) is 34.1 Å². The maximum absolute atomic E-state index is 12.9. The molecule has 6 nitrogen and oxygen atoms in total. The first kappa shape index (κ1) is 17.1. The summed E-state index contributed by atoms with van der Waals surface area (Å²) < 4.78 is 38.3. The fraction of sp³-hybridized carbons (Fsp3) is 0.0667. The number of benzene rings is 2. The smallest absolute Gasteiger partial charge is 0.268 e. The number of nitrogens with zero attached hydrogens (tertiary/aromatic N) is 2. The predicted molar refractivity (Wildman–Crippen MR) is 83.4 cm³/mol. The summed E-state index contributed by atoms with van der Waals surface area (Å²) in [5.74, 6) is -1.69. The first-order chi connectivity index (χ1) is 11.6. The van der Waals surface area contributed by atoms with Crippen molar-refractivity contribution in [3.8, 4) is 0 Å². The van der Waals surface area contributed by atoms with Gasteiger partial charge >= 0.3 is 6.18 Å². The summed E-state index contributed by atoms with van der Waals surface area (Å²) in [4.78, 5) is 35.6. The Balaban J connectivity index is 2.24. The van der Waals surface area contributed by atoms with Gasteiger partial charge in [0.2, 0.25) is 0 Å². The molecule has 1 aliphatic rings. The van der Waals surface area contributed by atoms with E-state index in [-0.39, 0.29) is 15.6 Å². The molecule has 10 heteroatoms. The zero-order valence-electron chi connectivity index (χ0n) is 12.0. The van der Waals surface area contributed by atoms with Crippen LogP contribution in [0.2, 0.25) is 0 Å². The molecular weight excluding hydrogens is 409 g/mol. The van der Waals surface area contributed by atoms with Crippen molar-refractivity contribution in [1.82, 2.24) is 0 Å². The molecule has 0 radical (unpaired) electrons. The summed E-state index contributed by atoms with van der Waals surface area (Å²) in [5.41, 5.74) is -2.77. The average Bonchev–Trinajstić information content (AvgIpc) is 2.78. The number of nitro benzene ring substituents is 1. The van der Waals surface area contributed by atoms with Crippen molar-refractivity contribution in [2.24, 2.45) is 0 Å². The number of rotatable bonds is 2. The minimum atomic E-state index is -4.83. The van der Waals surface area contributed by atoms with Gasteiger partial charge in [-0.1, -0.05) is 12.1 Å². The number of anilines is 1. The fourth-order valence-corrected chi connectivity index (χ4v) is 3.13. The second-order valence-corrected chi connectivity index (χ2v) is 5.93. The van der Waals surface area contributed by atoms with Crippen LogP contribution in [0.25, 0.3) is 0 Å². The van der Waals surface area contributed by atoms with Crippen molar-refractivity contribution in [3.63, 3.8) is 0 Å². The molecule has 0 unspecified atom stereocenters. The summed E-state index contributed by atoms with van der Waals surface area (Å²) in [6.07, 6.45) is -4.83. The third kappa shape index (κ3) is 2.68. The van der Waals surface area contributed by atoms with Crippen LogP contribution in [0, 0.1) is 10.1 Å². The minimum absolute atomic E-state index is 0.0218. The molecule has 0 N–H and O–H groups in total. The van der Waals surface area contributed by atoms with Crippen LogP contribution in [-0.4, -0.2) is 16.7 Å². The van der Waals surface area contributed by atoms with Gasteiger partial charge in [-0.3, -0.25) is 19.7 Å². The Kier molecular flexibility index (Phi) is 3.87. The molecular formula is C15H6BrF3N2O4. The lowest BCUT2D eigenvalue weighted by atomic mass is 10.1. The number of imide groups is 1. The van der Waals surface area contributed by atoms with Crippen molar-refractivity contribution >= 4 is 39.1 Å². The van der Waals surface area contributed by atoms with Crippen LogP contribution in [0.1, 0.15) is 26.3 Å². The van der Waals surface area contributed by atoms with Crippen molar-refractivity contribution in [1.29, 1.82) is 0 Å². The molecule has 1 aliphatic heterocycles. The van der Waals surface area contributed by atoms with E-state index in [1.165, 1.54) is 24.3 Å². The third-order valence-corrected chi connectivity index (χ3v) is 4.19. The van der Waals surface area contributed by atoms with Crippen molar-refractivity contribution in [2.75, 3.05) is 4.90 Å². The second kappa shape index (κ2) is 5.66. The summed E-state index contributed by atoms with van der Waals surface area (Å²) in [6.45, 7) is 0. The zero-order valence-corrected chi connectivity index (χ0v) is 13.6. The highest BCUT2D eigenvalue weighted by molar-refractivity contribution is 9.10. The quantitative estimate of drug-likeness (QED) is 0.419. The molecule has 0 aliphatic carbocycles. The third-order valence-electron chi connectivity index (χ3n) is 3.58. The number of fused-ring (bicyclic) bond motifs is 1. The molecule has 2 aromatic rings. The number of nitro groups is 1. The number of hydrogen-bond acceptors (Lipinski definition) is 4. The summed E-state index contributed by atoms with van der Waals surface area (Å²) >= 11 is 2.82. The topological polar surface area (TPSA) is 80.5 Å². The van der Waals surface area contributed by atoms with Gasteiger partial charge in [0.1, 0.15) is 5.69 Å². The Morgan fingerprint density at radius 1 is 1.04 bits per heavy atom. The number of carbonyl (C=O) groups is 2. The number of halogens is 4. The Labute approximate surface area is 146 Å². The van der Waals surface area contributed by atoms with E-state index < -0.39 is 39.9 Å². The van der Waals surface area contributed by atoms with Gasteiger partial charge in [0, 0.05) is 10.5 Å². The van der Waals surface area contributed by atoms with E-state index in [0.717, 1.165) is 0 Å². The standard InChI is InChI=1S/C15H6BrF3N2O4/c16-10-5-7(15(17,18)19)6-11(21(24)25)12(10)20-13(22)8-3-1-2-4-9(8)14(20)23/h1-6H. The van der Waals surface area contributed by atoms with Gasteiger partial charge in [-0.2, -0.15) is 13.2 Å². The normalized spacial score (nSPS) is 14.0. The van der Waals surface area contributed by atoms with Gasteiger partial charge in [0.15, 0.2) is 0 Å². The van der Waals surface area contributed by atoms with E-state index in [2.05, 4.69) is 15.9 Å². The molecule has 0 fully saturated rings. The van der Waals surface area contributed by atoms with E-state index in [1.807, 2.05) is 0 Å². The van der Waals surface area contributed by atoms with Gasteiger partial charge in [0.05, 0.1) is 21.6 Å². The molecule has 0 spiro atoms. The van der Waals surface area contributed by atoms with Crippen molar-refractivity contribution in [3.05, 3.63) is 67.7 Å². The number of amides is 2. The van der Waals surface area contributed by atoms with Crippen LogP contribution in [-0.2, 0) is 6.18 Å². The van der Waals surface area contributed by atoms with Crippen LogP contribution in [0.5, 0.6) is 0 Å². The van der Waals surface area contributed by atoms with Crippen LogP contribution >= 0.6 is 15.9 Å². The average molecular weight is 415 g/mol. The Bertz CT molecular complexity index is 908. The second-order valence-electron chi connectivity index (χ2n) is 5.07.